The highest BCUT2D eigenvalue weighted by molar-refractivity contribution is 5.73. The molecular formula is C14H19NO4. The van der Waals surface area contributed by atoms with Crippen LogP contribution in [0, 0.1) is 0 Å². The first kappa shape index (κ1) is 15.0. The molecule has 5 heteroatoms. The quantitative estimate of drug-likeness (QED) is 0.670. The molecule has 1 aromatic carbocycles. The van der Waals surface area contributed by atoms with Crippen LogP contribution in [-0.2, 0) is 20.7 Å². The SMILES string of the molecule is CC(C)(C)OC(=O)NCOC(=O)Cc1ccccc1. The Labute approximate surface area is 112 Å². The molecule has 0 aliphatic heterocycles. The monoisotopic (exact) mass is 265 g/mol. The summed E-state index contributed by atoms with van der Waals surface area (Å²) in [6.07, 6.45) is -0.434. The second-order valence-corrected chi connectivity index (χ2v) is 5.00. The summed E-state index contributed by atoms with van der Waals surface area (Å²) in [4.78, 5) is 22.7. The van der Waals surface area contributed by atoms with Crippen LogP contribution in [0.2, 0.25) is 0 Å². The van der Waals surface area contributed by atoms with Crippen molar-refractivity contribution in [2.24, 2.45) is 0 Å². The number of hydrogen-bond donors (Lipinski definition) is 1. The van der Waals surface area contributed by atoms with Gasteiger partial charge in [0, 0.05) is 0 Å². The maximum absolute atomic E-state index is 11.5. The van der Waals surface area contributed by atoms with E-state index in [-0.39, 0.29) is 13.2 Å². The molecule has 0 bridgehead atoms. The molecule has 0 saturated heterocycles. The standard InChI is InChI=1S/C14H19NO4/c1-14(2,3)19-13(17)15-10-18-12(16)9-11-7-5-4-6-8-11/h4-8H,9-10H2,1-3H3,(H,15,17). The lowest BCUT2D eigenvalue weighted by atomic mass is 10.2. The second kappa shape index (κ2) is 6.78. The maximum atomic E-state index is 11.5. The summed E-state index contributed by atoms with van der Waals surface area (Å²) >= 11 is 0. The molecule has 0 fully saturated rings. The molecule has 1 N–H and O–H groups in total. The van der Waals surface area contributed by atoms with E-state index < -0.39 is 17.7 Å². The van der Waals surface area contributed by atoms with Gasteiger partial charge in [-0.3, -0.25) is 10.1 Å². The molecule has 0 saturated carbocycles. The van der Waals surface area contributed by atoms with Crippen molar-refractivity contribution in [3.8, 4) is 0 Å². The summed E-state index contributed by atoms with van der Waals surface area (Å²) in [6, 6.07) is 9.24. The predicted octanol–water partition coefficient (Wildman–Crippen LogP) is 2.25. The Kier molecular flexibility index (Phi) is 5.36. The van der Waals surface area contributed by atoms with Crippen LogP contribution in [0.3, 0.4) is 0 Å². The van der Waals surface area contributed by atoms with Crippen molar-refractivity contribution in [2.75, 3.05) is 6.73 Å². The first-order valence-electron chi connectivity index (χ1n) is 6.03. The Morgan fingerprint density at radius 3 is 2.37 bits per heavy atom. The molecule has 0 aromatic heterocycles. The molecule has 0 atom stereocenters. The van der Waals surface area contributed by atoms with Crippen LogP contribution in [0.4, 0.5) is 4.79 Å². The van der Waals surface area contributed by atoms with Crippen LogP contribution >= 0.6 is 0 Å². The average Bonchev–Trinajstić information content (AvgIpc) is 2.27. The fourth-order valence-corrected chi connectivity index (χ4v) is 1.30. The number of benzene rings is 1. The van der Waals surface area contributed by atoms with Gasteiger partial charge in [0.2, 0.25) is 0 Å². The van der Waals surface area contributed by atoms with Gasteiger partial charge < -0.3 is 9.47 Å². The summed E-state index contributed by atoms with van der Waals surface area (Å²) in [7, 11) is 0. The minimum absolute atomic E-state index is 0.177. The number of alkyl carbamates (subject to hydrolysis) is 1. The highest BCUT2D eigenvalue weighted by Gasteiger charge is 2.16. The Bertz CT molecular complexity index is 423. The molecule has 0 aliphatic rings. The molecule has 104 valence electrons. The third-order valence-corrected chi connectivity index (χ3v) is 2.04. The van der Waals surface area contributed by atoms with Crippen LogP contribution in [0.5, 0.6) is 0 Å². The minimum atomic E-state index is -0.611. The molecule has 0 aliphatic carbocycles. The average molecular weight is 265 g/mol. The van der Waals surface area contributed by atoms with Gasteiger partial charge in [0.15, 0.2) is 6.73 Å². The number of rotatable bonds is 4. The summed E-state index contributed by atoms with van der Waals surface area (Å²) < 4.78 is 9.88. The van der Waals surface area contributed by atoms with Crippen molar-refractivity contribution in [3.63, 3.8) is 0 Å². The Balaban J connectivity index is 2.23. The molecule has 19 heavy (non-hydrogen) atoms. The van der Waals surface area contributed by atoms with Gasteiger partial charge >= 0.3 is 12.1 Å². The third-order valence-electron chi connectivity index (χ3n) is 2.04. The van der Waals surface area contributed by atoms with Crippen molar-refractivity contribution < 1.29 is 19.1 Å². The van der Waals surface area contributed by atoms with E-state index in [4.69, 9.17) is 9.47 Å². The van der Waals surface area contributed by atoms with Gasteiger partial charge in [-0.1, -0.05) is 30.3 Å². The van der Waals surface area contributed by atoms with E-state index in [1.165, 1.54) is 0 Å². The predicted molar refractivity (Wildman–Crippen MR) is 70.5 cm³/mol. The van der Waals surface area contributed by atoms with Crippen molar-refractivity contribution in [3.05, 3.63) is 35.9 Å². The zero-order valence-electron chi connectivity index (χ0n) is 11.4. The third kappa shape index (κ3) is 7.08. The number of hydrogen-bond acceptors (Lipinski definition) is 4. The van der Waals surface area contributed by atoms with Gasteiger partial charge in [0.05, 0.1) is 6.42 Å². The van der Waals surface area contributed by atoms with Gasteiger partial charge in [-0.15, -0.1) is 0 Å². The van der Waals surface area contributed by atoms with Gasteiger partial charge in [-0.25, -0.2) is 4.79 Å². The highest BCUT2D eigenvalue weighted by Crippen LogP contribution is 2.06. The summed E-state index contributed by atoms with van der Waals surface area (Å²) in [5.41, 5.74) is 0.294. The number of esters is 1. The van der Waals surface area contributed by atoms with Gasteiger partial charge in [-0.2, -0.15) is 0 Å². The number of ether oxygens (including phenoxy) is 2. The van der Waals surface area contributed by atoms with Crippen LogP contribution in [-0.4, -0.2) is 24.4 Å². The second-order valence-electron chi connectivity index (χ2n) is 5.00. The number of carbonyl (C=O) groups excluding carboxylic acids is 2. The fraction of sp³-hybridized carbons (Fsp3) is 0.429. The van der Waals surface area contributed by atoms with E-state index in [2.05, 4.69) is 5.32 Å². The van der Waals surface area contributed by atoms with Crippen LogP contribution in [0.25, 0.3) is 0 Å². The molecule has 0 radical (unpaired) electrons. The number of nitrogens with one attached hydrogen (secondary N) is 1. The zero-order chi connectivity index (χ0) is 14.3. The maximum Gasteiger partial charge on any atom is 0.410 e. The molecular weight excluding hydrogens is 246 g/mol. The van der Waals surface area contributed by atoms with E-state index in [0.717, 1.165) is 5.56 Å². The molecule has 0 heterocycles. The van der Waals surface area contributed by atoms with Crippen LogP contribution < -0.4 is 5.32 Å². The largest absolute Gasteiger partial charge is 0.444 e. The van der Waals surface area contributed by atoms with Crippen LogP contribution in [0.1, 0.15) is 26.3 Å². The summed E-state index contributed by atoms with van der Waals surface area (Å²) in [5.74, 6) is -0.401. The number of carbonyl (C=O) groups is 2. The molecule has 5 nitrogen and oxygen atoms in total. The lowest BCUT2D eigenvalue weighted by Gasteiger charge is -2.19. The molecule has 1 aromatic rings. The Morgan fingerprint density at radius 2 is 1.79 bits per heavy atom. The van der Waals surface area contributed by atoms with Crippen molar-refractivity contribution >= 4 is 12.1 Å². The van der Waals surface area contributed by atoms with Crippen molar-refractivity contribution in [1.82, 2.24) is 5.32 Å². The Hall–Kier alpha value is -2.04. The first-order chi connectivity index (χ1) is 8.87. The highest BCUT2D eigenvalue weighted by atomic mass is 16.6. The van der Waals surface area contributed by atoms with Gasteiger partial charge in [0.1, 0.15) is 5.60 Å². The van der Waals surface area contributed by atoms with Gasteiger partial charge in [-0.05, 0) is 26.3 Å². The normalized spacial score (nSPS) is 10.7. The zero-order valence-corrected chi connectivity index (χ0v) is 11.4. The van der Waals surface area contributed by atoms with E-state index in [9.17, 15) is 9.59 Å². The first-order valence-corrected chi connectivity index (χ1v) is 6.03. The Morgan fingerprint density at radius 1 is 1.16 bits per heavy atom. The van der Waals surface area contributed by atoms with Gasteiger partial charge in [0.25, 0.3) is 0 Å². The molecule has 1 rings (SSSR count). The lowest BCUT2D eigenvalue weighted by Crippen LogP contribution is -2.34. The van der Waals surface area contributed by atoms with E-state index in [0.29, 0.717) is 0 Å². The van der Waals surface area contributed by atoms with Crippen molar-refractivity contribution in [2.45, 2.75) is 32.8 Å². The summed E-state index contributed by atoms with van der Waals surface area (Å²) in [6.45, 7) is 5.08. The molecule has 1 amide bonds. The lowest BCUT2D eigenvalue weighted by molar-refractivity contribution is -0.143. The van der Waals surface area contributed by atoms with Crippen molar-refractivity contribution in [1.29, 1.82) is 0 Å². The molecule has 0 unspecified atom stereocenters. The van der Waals surface area contributed by atoms with E-state index in [1.54, 1.807) is 20.8 Å². The topological polar surface area (TPSA) is 64.6 Å². The summed E-state index contributed by atoms with van der Waals surface area (Å²) in [5, 5.41) is 2.35. The van der Waals surface area contributed by atoms with E-state index in [1.807, 2.05) is 30.3 Å². The smallest absolute Gasteiger partial charge is 0.410 e. The molecule has 0 spiro atoms. The van der Waals surface area contributed by atoms with E-state index >= 15 is 0 Å². The number of amides is 1. The minimum Gasteiger partial charge on any atom is -0.444 e. The fourth-order valence-electron chi connectivity index (χ4n) is 1.30. The van der Waals surface area contributed by atoms with Crippen LogP contribution in [0.15, 0.2) is 30.3 Å².